The van der Waals surface area contributed by atoms with Gasteiger partial charge in [0.1, 0.15) is 0 Å². The maximum atomic E-state index is 5.63. The second-order valence-corrected chi connectivity index (χ2v) is 5.50. The van der Waals surface area contributed by atoms with Gasteiger partial charge in [0.05, 0.1) is 15.9 Å². The number of nitrogens with zero attached hydrogens (tertiary/aromatic N) is 3. The quantitative estimate of drug-likeness (QED) is 0.585. The van der Waals surface area contributed by atoms with Crippen molar-refractivity contribution in [1.29, 1.82) is 0 Å². The molecule has 1 atom stereocenters. The fourth-order valence-electron chi connectivity index (χ4n) is 2.06. The fourth-order valence-corrected chi connectivity index (χ4v) is 2.79. The lowest BCUT2D eigenvalue weighted by Crippen LogP contribution is -2.44. The Labute approximate surface area is 118 Å². The fraction of sp³-hybridized carbons (Fsp3) is 0.750. The van der Waals surface area contributed by atoms with Crippen LogP contribution in [0.2, 0.25) is 0 Å². The normalized spacial score (nSPS) is 13.3. The van der Waals surface area contributed by atoms with Crippen molar-refractivity contribution in [2.75, 3.05) is 20.6 Å². The molecular weight excluding hydrogens is 294 g/mol. The molecule has 0 aliphatic carbocycles. The largest absolute Gasteiger partial charge is 0.308 e. The Bertz CT molecular complexity index is 375. The number of nitrogens with one attached hydrogen (secondary N) is 1. The lowest BCUT2D eigenvalue weighted by atomic mass is 10.1. The molecule has 5 nitrogen and oxygen atoms in total. The van der Waals surface area contributed by atoms with Gasteiger partial charge in [-0.3, -0.25) is 16.0 Å². The molecule has 1 aromatic heterocycles. The zero-order chi connectivity index (χ0) is 13.7. The van der Waals surface area contributed by atoms with Gasteiger partial charge in [0.15, 0.2) is 0 Å². The van der Waals surface area contributed by atoms with Crippen molar-refractivity contribution >= 4 is 15.9 Å². The van der Waals surface area contributed by atoms with Crippen LogP contribution in [0.5, 0.6) is 0 Å². The second-order valence-electron chi connectivity index (χ2n) is 4.71. The van der Waals surface area contributed by atoms with Crippen LogP contribution in [0.3, 0.4) is 0 Å². The molecule has 18 heavy (non-hydrogen) atoms. The third-order valence-electron chi connectivity index (χ3n) is 2.96. The average Bonchev–Trinajstić information content (AvgIpc) is 2.64. The zero-order valence-corrected chi connectivity index (χ0v) is 13.3. The van der Waals surface area contributed by atoms with Crippen molar-refractivity contribution < 1.29 is 0 Å². The summed E-state index contributed by atoms with van der Waals surface area (Å²) in [6, 6.07) is 0.225. The van der Waals surface area contributed by atoms with Gasteiger partial charge in [-0.25, -0.2) is 0 Å². The summed E-state index contributed by atoms with van der Waals surface area (Å²) in [6.45, 7) is 6.01. The van der Waals surface area contributed by atoms with Crippen LogP contribution in [-0.4, -0.2) is 41.4 Å². The van der Waals surface area contributed by atoms with Gasteiger partial charge in [0, 0.05) is 25.6 Å². The predicted octanol–water partition coefficient (Wildman–Crippen LogP) is 1.16. The highest BCUT2D eigenvalue weighted by Crippen LogP contribution is 2.23. The minimum Gasteiger partial charge on any atom is -0.308 e. The van der Waals surface area contributed by atoms with Gasteiger partial charge < -0.3 is 4.90 Å². The van der Waals surface area contributed by atoms with Gasteiger partial charge in [-0.05, 0) is 43.4 Å². The first-order valence-corrected chi connectivity index (χ1v) is 7.17. The molecule has 0 amide bonds. The first kappa shape index (κ1) is 15.6. The number of hydrazine groups is 1. The monoisotopic (exact) mass is 317 g/mol. The number of aryl methyl sites for hydroxylation is 2. The van der Waals surface area contributed by atoms with E-state index in [4.69, 9.17) is 5.84 Å². The SMILES string of the molecule is CCc1nn(CC)c(CC(CN(C)C)NN)c1Br. The van der Waals surface area contributed by atoms with E-state index in [9.17, 15) is 0 Å². The number of likely N-dealkylation sites (N-methyl/N-ethyl adjacent to an activating group) is 1. The minimum absolute atomic E-state index is 0.225. The molecule has 104 valence electrons. The van der Waals surface area contributed by atoms with Gasteiger partial charge in [-0.1, -0.05) is 6.92 Å². The van der Waals surface area contributed by atoms with E-state index in [1.54, 1.807) is 0 Å². The number of hydrogen-bond donors (Lipinski definition) is 2. The van der Waals surface area contributed by atoms with Crippen molar-refractivity contribution in [3.63, 3.8) is 0 Å². The van der Waals surface area contributed by atoms with Crippen molar-refractivity contribution in [2.45, 2.75) is 39.3 Å². The molecule has 0 aliphatic rings. The topological polar surface area (TPSA) is 59.1 Å². The minimum atomic E-state index is 0.225. The summed E-state index contributed by atoms with van der Waals surface area (Å²) in [6.07, 6.45) is 1.81. The molecule has 0 spiro atoms. The van der Waals surface area contributed by atoms with Crippen LogP contribution in [0.1, 0.15) is 25.2 Å². The van der Waals surface area contributed by atoms with Crippen LogP contribution < -0.4 is 11.3 Å². The van der Waals surface area contributed by atoms with Crippen molar-refractivity contribution in [3.8, 4) is 0 Å². The molecule has 3 N–H and O–H groups in total. The summed E-state index contributed by atoms with van der Waals surface area (Å²) >= 11 is 3.66. The molecule has 1 rings (SSSR count). The van der Waals surface area contributed by atoms with E-state index in [2.05, 4.69) is 49.9 Å². The van der Waals surface area contributed by atoms with Gasteiger partial charge in [-0.2, -0.15) is 5.10 Å². The summed E-state index contributed by atoms with van der Waals surface area (Å²) in [4.78, 5) is 2.13. The summed E-state index contributed by atoms with van der Waals surface area (Å²) in [7, 11) is 4.10. The summed E-state index contributed by atoms with van der Waals surface area (Å²) in [5.41, 5.74) is 5.22. The average molecular weight is 318 g/mol. The number of aromatic nitrogens is 2. The Hall–Kier alpha value is -0.430. The Morgan fingerprint density at radius 2 is 2.11 bits per heavy atom. The number of rotatable bonds is 7. The highest BCUT2D eigenvalue weighted by atomic mass is 79.9. The van der Waals surface area contributed by atoms with Gasteiger partial charge in [0.2, 0.25) is 0 Å². The number of halogens is 1. The number of hydrogen-bond acceptors (Lipinski definition) is 4. The lowest BCUT2D eigenvalue weighted by molar-refractivity contribution is 0.334. The lowest BCUT2D eigenvalue weighted by Gasteiger charge is -2.20. The Morgan fingerprint density at radius 3 is 2.56 bits per heavy atom. The van der Waals surface area contributed by atoms with E-state index in [0.717, 1.165) is 36.1 Å². The van der Waals surface area contributed by atoms with Crippen LogP contribution in [0, 0.1) is 0 Å². The maximum Gasteiger partial charge on any atom is 0.0766 e. The highest BCUT2D eigenvalue weighted by Gasteiger charge is 2.18. The van der Waals surface area contributed by atoms with Gasteiger partial charge in [0.25, 0.3) is 0 Å². The maximum absolute atomic E-state index is 5.63. The Balaban J connectivity index is 2.90. The smallest absolute Gasteiger partial charge is 0.0766 e. The molecule has 0 aromatic carbocycles. The van der Waals surface area contributed by atoms with Crippen molar-refractivity contribution in [2.24, 2.45) is 5.84 Å². The highest BCUT2D eigenvalue weighted by molar-refractivity contribution is 9.10. The van der Waals surface area contributed by atoms with Crippen molar-refractivity contribution in [3.05, 3.63) is 15.9 Å². The molecule has 1 unspecified atom stereocenters. The molecule has 0 saturated carbocycles. The third kappa shape index (κ3) is 3.78. The molecule has 1 heterocycles. The summed E-state index contributed by atoms with van der Waals surface area (Å²) < 4.78 is 3.19. The van der Waals surface area contributed by atoms with Crippen LogP contribution in [0.25, 0.3) is 0 Å². The van der Waals surface area contributed by atoms with Crippen LogP contribution >= 0.6 is 15.9 Å². The van der Waals surface area contributed by atoms with Crippen molar-refractivity contribution in [1.82, 2.24) is 20.1 Å². The van der Waals surface area contributed by atoms with Crippen LogP contribution in [0.15, 0.2) is 4.47 Å². The molecule has 0 bridgehead atoms. The second kappa shape index (κ2) is 7.23. The molecular formula is C12H24BrN5. The van der Waals surface area contributed by atoms with E-state index >= 15 is 0 Å². The molecule has 0 fully saturated rings. The standard InChI is InChI=1S/C12H24BrN5/c1-5-10-12(13)11(18(6-2)16-10)7-9(15-14)8-17(3)4/h9,15H,5-8,14H2,1-4H3. The Kier molecular flexibility index (Phi) is 6.28. The molecule has 0 radical (unpaired) electrons. The predicted molar refractivity (Wildman–Crippen MR) is 78.3 cm³/mol. The van der Waals surface area contributed by atoms with E-state index in [1.165, 1.54) is 5.69 Å². The van der Waals surface area contributed by atoms with E-state index in [1.807, 2.05) is 14.1 Å². The summed E-state index contributed by atoms with van der Waals surface area (Å²) in [5.74, 6) is 5.63. The van der Waals surface area contributed by atoms with E-state index in [-0.39, 0.29) is 6.04 Å². The van der Waals surface area contributed by atoms with Crippen LogP contribution in [-0.2, 0) is 19.4 Å². The van der Waals surface area contributed by atoms with Crippen LogP contribution in [0.4, 0.5) is 0 Å². The Morgan fingerprint density at radius 1 is 1.44 bits per heavy atom. The van der Waals surface area contributed by atoms with Gasteiger partial charge in [-0.15, -0.1) is 0 Å². The third-order valence-corrected chi connectivity index (χ3v) is 3.87. The first-order valence-electron chi connectivity index (χ1n) is 6.38. The number of nitrogens with two attached hydrogens (primary N) is 1. The van der Waals surface area contributed by atoms with E-state index in [0.29, 0.717) is 0 Å². The molecule has 0 saturated heterocycles. The van der Waals surface area contributed by atoms with Gasteiger partial charge >= 0.3 is 0 Å². The first-order chi connectivity index (χ1) is 8.53. The molecule has 6 heteroatoms. The zero-order valence-electron chi connectivity index (χ0n) is 11.7. The molecule has 0 aliphatic heterocycles. The molecule has 1 aromatic rings. The summed E-state index contributed by atoms with van der Waals surface area (Å²) in [5, 5.41) is 4.60. The van der Waals surface area contributed by atoms with E-state index < -0.39 is 0 Å².